The third kappa shape index (κ3) is 4.27. The molecule has 0 bridgehead atoms. The van der Waals surface area contributed by atoms with Crippen LogP contribution in [0.1, 0.15) is 23.9 Å². The molecule has 8 nitrogen and oxygen atoms in total. The van der Waals surface area contributed by atoms with Crippen LogP contribution in [-0.2, 0) is 21.4 Å². The summed E-state index contributed by atoms with van der Waals surface area (Å²) in [5.74, 6) is 0.542. The van der Waals surface area contributed by atoms with E-state index in [1.165, 1.54) is 10.4 Å². The number of carbonyl (C=O) groups excluding carboxylic acids is 1. The molecule has 1 saturated heterocycles. The van der Waals surface area contributed by atoms with E-state index >= 15 is 0 Å². The van der Waals surface area contributed by atoms with Gasteiger partial charge in [0.15, 0.2) is 0 Å². The third-order valence-corrected chi connectivity index (χ3v) is 7.46. The first kappa shape index (κ1) is 22.0. The first-order valence-corrected chi connectivity index (χ1v) is 11.4. The van der Waals surface area contributed by atoms with Crippen molar-refractivity contribution in [3.8, 4) is 5.75 Å². The highest BCUT2D eigenvalue weighted by Gasteiger charge is 2.33. The Labute approximate surface area is 177 Å². The van der Waals surface area contributed by atoms with Crippen LogP contribution in [0.2, 0.25) is 0 Å². The van der Waals surface area contributed by atoms with Crippen LogP contribution in [0.5, 0.6) is 5.75 Å². The van der Waals surface area contributed by atoms with Crippen molar-refractivity contribution >= 4 is 22.0 Å². The molecule has 162 valence electrons. The molecule has 0 aliphatic carbocycles. The van der Waals surface area contributed by atoms with E-state index in [-0.39, 0.29) is 23.9 Å². The van der Waals surface area contributed by atoms with Crippen LogP contribution < -0.4 is 4.74 Å². The molecular weight excluding hydrogens is 404 g/mol. The normalized spacial score (nSPS) is 15.7. The number of para-hydroxylation sites is 1. The Kier molecular flexibility index (Phi) is 6.62. The molecule has 0 saturated carbocycles. The summed E-state index contributed by atoms with van der Waals surface area (Å²) in [5, 5.41) is 4.33. The lowest BCUT2D eigenvalue weighted by Crippen LogP contribution is -2.50. The predicted molar refractivity (Wildman–Crippen MR) is 115 cm³/mol. The molecule has 30 heavy (non-hydrogen) atoms. The van der Waals surface area contributed by atoms with Gasteiger partial charge in [-0.15, -0.1) is 0 Å². The van der Waals surface area contributed by atoms with Crippen LogP contribution in [0.4, 0.5) is 0 Å². The van der Waals surface area contributed by atoms with Crippen LogP contribution in [0.15, 0.2) is 35.2 Å². The number of rotatable bonds is 6. The molecule has 0 N–H and O–H groups in total. The molecule has 0 unspecified atom stereocenters. The second kappa shape index (κ2) is 9.01. The number of carbonyl (C=O) groups is 1. The highest BCUT2D eigenvalue weighted by atomic mass is 32.2. The van der Waals surface area contributed by atoms with Crippen molar-refractivity contribution in [1.29, 1.82) is 0 Å². The van der Waals surface area contributed by atoms with E-state index in [2.05, 4.69) is 5.10 Å². The first-order valence-electron chi connectivity index (χ1n) is 9.93. The maximum absolute atomic E-state index is 13.2. The van der Waals surface area contributed by atoms with Crippen molar-refractivity contribution in [1.82, 2.24) is 19.0 Å². The fourth-order valence-corrected chi connectivity index (χ4v) is 5.51. The number of aryl methyl sites for hydroxylation is 2. The number of benzene rings is 1. The van der Waals surface area contributed by atoms with Gasteiger partial charge in [0.1, 0.15) is 10.6 Å². The second-order valence-electron chi connectivity index (χ2n) is 7.12. The zero-order chi connectivity index (χ0) is 21.9. The number of hydrogen-bond donors (Lipinski definition) is 0. The number of piperazine rings is 1. The third-order valence-electron chi connectivity index (χ3n) is 5.31. The van der Waals surface area contributed by atoms with E-state index in [1.807, 2.05) is 31.2 Å². The average molecular weight is 433 g/mol. The van der Waals surface area contributed by atoms with E-state index < -0.39 is 10.0 Å². The lowest BCUT2D eigenvalue weighted by Gasteiger charge is -2.33. The van der Waals surface area contributed by atoms with Gasteiger partial charge in [-0.1, -0.05) is 18.2 Å². The van der Waals surface area contributed by atoms with Crippen LogP contribution in [-0.4, -0.2) is 66.6 Å². The molecule has 1 aromatic carbocycles. The molecule has 2 aromatic rings. The van der Waals surface area contributed by atoms with Gasteiger partial charge in [0, 0.05) is 44.4 Å². The van der Waals surface area contributed by atoms with E-state index in [4.69, 9.17) is 4.74 Å². The van der Waals surface area contributed by atoms with E-state index in [0.717, 1.165) is 5.56 Å². The zero-order valence-corrected chi connectivity index (χ0v) is 18.6. The summed E-state index contributed by atoms with van der Waals surface area (Å²) in [4.78, 5) is 14.5. The van der Waals surface area contributed by atoms with Crippen molar-refractivity contribution in [3.63, 3.8) is 0 Å². The zero-order valence-electron chi connectivity index (χ0n) is 17.8. The van der Waals surface area contributed by atoms with Gasteiger partial charge in [-0.2, -0.15) is 9.40 Å². The fraction of sp³-hybridized carbons (Fsp3) is 0.429. The number of hydrogen-bond acceptors (Lipinski definition) is 5. The van der Waals surface area contributed by atoms with Gasteiger partial charge in [-0.25, -0.2) is 8.42 Å². The van der Waals surface area contributed by atoms with Gasteiger partial charge in [-0.05, 0) is 32.9 Å². The molecule has 1 amide bonds. The summed E-state index contributed by atoms with van der Waals surface area (Å²) in [6.45, 7) is 7.23. The lowest BCUT2D eigenvalue weighted by atomic mass is 10.2. The summed E-state index contributed by atoms with van der Waals surface area (Å²) >= 11 is 0. The van der Waals surface area contributed by atoms with E-state index in [1.54, 1.807) is 36.6 Å². The molecular formula is C21H28N4O4S. The monoisotopic (exact) mass is 432 g/mol. The smallest absolute Gasteiger partial charge is 0.246 e. The van der Waals surface area contributed by atoms with E-state index in [9.17, 15) is 13.2 Å². The predicted octanol–water partition coefficient (Wildman–Crippen LogP) is 2.07. The summed E-state index contributed by atoms with van der Waals surface area (Å²) < 4.78 is 34.7. The molecule has 1 fully saturated rings. The minimum atomic E-state index is -3.65. The molecule has 0 atom stereocenters. The highest BCUT2D eigenvalue weighted by molar-refractivity contribution is 7.89. The molecule has 1 aliphatic rings. The Balaban J connectivity index is 1.68. The number of methoxy groups -OCH3 is 1. The lowest BCUT2D eigenvalue weighted by molar-refractivity contribution is -0.127. The van der Waals surface area contributed by atoms with Gasteiger partial charge >= 0.3 is 0 Å². The quantitative estimate of drug-likeness (QED) is 0.653. The van der Waals surface area contributed by atoms with Crippen LogP contribution >= 0.6 is 0 Å². The minimum absolute atomic E-state index is 0.149. The van der Waals surface area contributed by atoms with Crippen molar-refractivity contribution in [2.24, 2.45) is 0 Å². The summed E-state index contributed by atoms with van der Waals surface area (Å²) in [7, 11) is -2.06. The number of ether oxygens (including phenoxy) is 1. The molecule has 1 aliphatic heterocycles. The van der Waals surface area contributed by atoms with Crippen molar-refractivity contribution in [3.05, 3.63) is 47.3 Å². The standard InChI is InChI=1S/C21H28N4O4S/c1-5-25-17(3)21(16(2)22-25)30(27,28)24-14-12-23(13-15-24)20(26)11-10-18-8-6-7-9-19(18)29-4/h6-11H,5,12-15H2,1-4H3. The summed E-state index contributed by atoms with van der Waals surface area (Å²) in [6, 6.07) is 7.44. The molecule has 2 heterocycles. The van der Waals surface area contributed by atoms with Gasteiger partial charge in [0.2, 0.25) is 15.9 Å². The number of sulfonamides is 1. The number of amides is 1. The maximum atomic E-state index is 13.2. The fourth-order valence-electron chi connectivity index (χ4n) is 3.71. The van der Waals surface area contributed by atoms with Gasteiger partial charge < -0.3 is 9.64 Å². The van der Waals surface area contributed by atoms with Crippen molar-refractivity contribution < 1.29 is 17.9 Å². The second-order valence-corrected chi connectivity index (χ2v) is 9.00. The number of nitrogens with zero attached hydrogens (tertiary/aromatic N) is 4. The average Bonchev–Trinajstić information content (AvgIpc) is 3.05. The Morgan fingerprint density at radius 3 is 2.43 bits per heavy atom. The topological polar surface area (TPSA) is 84.7 Å². The molecule has 9 heteroatoms. The van der Waals surface area contributed by atoms with Crippen molar-refractivity contribution in [2.45, 2.75) is 32.2 Å². The maximum Gasteiger partial charge on any atom is 0.246 e. The SMILES string of the molecule is CCn1nc(C)c(S(=O)(=O)N2CCN(C(=O)C=Cc3ccccc3OC)CC2)c1C. The number of aromatic nitrogens is 2. The van der Waals surface area contributed by atoms with Gasteiger partial charge in [0.25, 0.3) is 0 Å². The minimum Gasteiger partial charge on any atom is -0.496 e. The molecule has 0 radical (unpaired) electrons. The molecule has 3 rings (SSSR count). The van der Waals surface area contributed by atoms with Crippen LogP contribution in [0.3, 0.4) is 0 Å². The molecule has 0 spiro atoms. The van der Waals surface area contributed by atoms with Crippen LogP contribution in [0, 0.1) is 13.8 Å². The molecule has 1 aromatic heterocycles. The van der Waals surface area contributed by atoms with Crippen molar-refractivity contribution in [2.75, 3.05) is 33.3 Å². The first-order chi connectivity index (χ1) is 14.3. The Bertz CT molecular complexity index is 1050. The van der Waals surface area contributed by atoms with Gasteiger partial charge in [0.05, 0.1) is 18.5 Å². The van der Waals surface area contributed by atoms with Crippen LogP contribution in [0.25, 0.3) is 6.08 Å². The summed E-state index contributed by atoms with van der Waals surface area (Å²) in [6.07, 6.45) is 3.22. The Morgan fingerprint density at radius 1 is 1.17 bits per heavy atom. The Morgan fingerprint density at radius 2 is 1.83 bits per heavy atom. The van der Waals surface area contributed by atoms with E-state index in [0.29, 0.717) is 36.8 Å². The summed E-state index contributed by atoms with van der Waals surface area (Å²) in [5.41, 5.74) is 1.97. The van der Waals surface area contributed by atoms with Gasteiger partial charge in [-0.3, -0.25) is 9.48 Å². The Hall–Kier alpha value is -2.65. The largest absolute Gasteiger partial charge is 0.496 e. The highest BCUT2D eigenvalue weighted by Crippen LogP contribution is 2.25.